The molecule has 2 saturated carbocycles. The first kappa shape index (κ1) is 10.5. The van der Waals surface area contributed by atoms with Crippen molar-refractivity contribution in [3.8, 4) is 0 Å². The number of isocyanates is 1. The molecule has 2 aliphatic carbocycles. The lowest BCUT2D eigenvalue weighted by Crippen LogP contribution is -2.22. The van der Waals surface area contributed by atoms with Gasteiger partial charge in [0.25, 0.3) is 0 Å². The predicted octanol–water partition coefficient (Wildman–Crippen LogP) is 3.27. The van der Waals surface area contributed by atoms with Gasteiger partial charge < -0.3 is 0 Å². The summed E-state index contributed by atoms with van der Waals surface area (Å²) in [5.74, 6) is 2.31. The molecule has 0 radical (unpaired) electrons. The Kier molecular flexibility index (Phi) is 4.77. The molecule has 0 aromatic heterocycles. The van der Waals surface area contributed by atoms with Gasteiger partial charge in [-0.05, 0) is 11.8 Å². The smallest absolute Gasteiger partial charge is 0.222 e. The van der Waals surface area contributed by atoms with Gasteiger partial charge in [-0.25, -0.2) is 10.2 Å². The summed E-state index contributed by atoms with van der Waals surface area (Å²) in [5.41, 5.74) is 0. The Bertz CT molecular complexity index is 147. The Balaban J connectivity index is 0.000000251. The maximum Gasteiger partial charge on any atom is 0.231 e. The standard InChI is InChI=1S/C10H18.CHNO/c1-2-6-10-8-4-3-7-9(10)5-1;2-1-3/h9-10H,1-8H2;2H. The van der Waals surface area contributed by atoms with E-state index in [0.717, 1.165) is 17.9 Å². The molecule has 0 atom stereocenters. The van der Waals surface area contributed by atoms with Gasteiger partial charge in [0.15, 0.2) is 0 Å². The molecule has 0 bridgehead atoms. The molecule has 2 aliphatic rings. The van der Waals surface area contributed by atoms with Gasteiger partial charge in [-0.3, -0.25) is 0 Å². The summed E-state index contributed by atoms with van der Waals surface area (Å²) in [6.45, 7) is 0. The second-order valence-corrected chi connectivity index (χ2v) is 4.19. The van der Waals surface area contributed by atoms with E-state index >= 15 is 0 Å². The molecule has 2 nitrogen and oxygen atoms in total. The van der Waals surface area contributed by atoms with Gasteiger partial charge in [0, 0.05) is 0 Å². The van der Waals surface area contributed by atoms with Crippen LogP contribution in [0.2, 0.25) is 0 Å². The molecule has 0 aliphatic heterocycles. The third kappa shape index (κ3) is 3.31. The van der Waals surface area contributed by atoms with E-state index < -0.39 is 0 Å². The number of rotatable bonds is 0. The summed E-state index contributed by atoms with van der Waals surface area (Å²) in [5, 5.41) is 5.40. The molecule has 13 heavy (non-hydrogen) atoms. The van der Waals surface area contributed by atoms with E-state index in [1.807, 2.05) is 0 Å². The number of fused-ring (bicyclic) bond motifs is 1. The van der Waals surface area contributed by atoms with Gasteiger partial charge in [0.1, 0.15) is 0 Å². The van der Waals surface area contributed by atoms with Crippen molar-refractivity contribution in [2.24, 2.45) is 11.8 Å². The average Bonchev–Trinajstić information content (AvgIpc) is 2.19. The topological polar surface area (TPSA) is 40.9 Å². The third-order valence-corrected chi connectivity index (χ3v) is 3.47. The van der Waals surface area contributed by atoms with Crippen molar-refractivity contribution in [2.75, 3.05) is 0 Å². The van der Waals surface area contributed by atoms with Crippen LogP contribution in [0.3, 0.4) is 0 Å². The minimum atomic E-state index is 0.750. The van der Waals surface area contributed by atoms with E-state index in [4.69, 9.17) is 10.2 Å². The van der Waals surface area contributed by atoms with E-state index in [1.54, 1.807) is 25.7 Å². The maximum atomic E-state index is 8.35. The highest BCUT2D eigenvalue weighted by Crippen LogP contribution is 2.39. The number of hydrogen-bond donors (Lipinski definition) is 1. The highest BCUT2D eigenvalue weighted by Gasteiger charge is 2.26. The van der Waals surface area contributed by atoms with Crippen LogP contribution in [0.15, 0.2) is 0 Å². The number of nitrogens with one attached hydrogen (secondary N) is 1. The van der Waals surface area contributed by atoms with Crippen LogP contribution in [0, 0.1) is 17.2 Å². The lowest BCUT2D eigenvalue weighted by atomic mass is 9.71. The SMILES string of the molecule is C1CCC2CCCCC2C1.N=C=O. The fourth-order valence-electron chi connectivity index (χ4n) is 2.86. The highest BCUT2D eigenvalue weighted by molar-refractivity contribution is 5.26. The zero-order valence-corrected chi connectivity index (χ0v) is 8.22. The van der Waals surface area contributed by atoms with Crippen LogP contribution >= 0.6 is 0 Å². The zero-order chi connectivity index (χ0) is 9.52. The lowest BCUT2D eigenvalue weighted by Gasteiger charge is -2.35. The molecule has 0 amide bonds. The predicted molar refractivity (Wildman–Crippen MR) is 52.3 cm³/mol. The Labute approximate surface area is 80.2 Å². The van der Waals surface area contributed by atoms with Crippen LogP contribution in [0.1, 0.15) is 51.4 Å². The molecule has 0 aromatic rings. The van der Waals surface area contributed by atoms with Crippen LogP contribution < -0.4 is 0 Å². The lowest BCUT2D eigenvalue weighted by molar-refractivity contribution is 0.171. The number of carbonyl (C=O) groups excluding carboxylic acids is 1. The Morgan fingerprint density at radius 2 is 1.08 bits per heavy atom. The van der Waals surface area contributed by atoms with Crippen LogP contribution in [-0.2, 0) is 4.79 Å². The van der Waals surface area contributed by atoms with Gasteiger partial charge in [-0.15, -0.1) is 0 Å². The normalized spacial score (nSPS) is 32.0. The van der Waals surface area contributed by atoms with E-state index in [2.05, 4.69) is 0 Å². The Morgan fingerprint density at radius 1 is 0.846 bits per heavy atom. The van der Waals surface area contributed by atoms with E-state index in [0.29, 0.717) is 0 Å². The van der Waals surface area contributed by atoms with Crippen molar-refractivity contribution in [1.29, 1.82) is 5.41 Å². The van der Waals surface area contributed by atoms with Crippen LogP contribution in [0.4, 0.5) is 0 Å². The van der Waals surface area contributed by atoms with Crippen molar-refractivity contribution in [3.05, 3.63) is 0 Å². The second-order valence-electron chi connectivity index (χ2n) is 4.19. The van der Waals surface area contributed by atoms with Gasteiger partial charge in [-0.1, -0.05) is 51.4 Å². The minimum Gasteiger partial charge on any atom is -0.222 e. The summed E-state index contributed by atoms with van der Waals surface area (Å²) in [7, 11) is 0. The van der Waals surface area contributed by atoms with Crippen molar-refractivity contribution >= 4 is 6.08 Å². The van der Waals surface area contributed by atoms with Gasteiger partial charge in [0.2, 0.25) is 6.08 Å². The van der Waals surface area contributed by atoms with E-state index in [-0.39, 0.29) is 0 Å². The quantitative estimate of drug-likeness (QED) is 0.452. The molecule has 0 aromatic carbocycles. The summed E-state index contributed by atoms with van der Waals surface area (Å²) in [6, 6.07) is 0. The molecule has 1 N–H and O–H groups in total. The van der Waals surface area contributed by atoms with Crippen molar-refractivity contribution < 1.29 is 4.79 Å². The molecular formula is C11H19NO. The number of hydrogen-bond acceptors (Lipinski definition) is 2. The first-order valence-corrected chi connectivity index (χ1v) is 5.42. The molecule has 0 saturated heterocycles. The monoisotopic (exact) mass is 181 g/mol. The molecular weight excluding hydrogens is 162 g/mol. The maximum absolute atomic E-state index is 8.35. The van der Waals surface area contributed by atoms with Crippen molar-refractivity contribution in [1.82, 2.24) is 0 Å². The minimum absolute atomic E-state index is 0.750. The first-order valence-electron chi connectivity index (χ1n) is 5.42. The summed E-state index contributed by atoms with van der Waals surface area (Å²) in [6.07, 6.45) is 13.1. The fraction of sp³-hybridized carbons (Fsp3) is 0.909. The summed E-state index contributed by atoms with van der Waals surface area (Å²) in [4.78, 5) is 8.35. The molecule has 2 fully saturated rings. The molecule has 2 heteroatoms. The zero-order valence-electron chi connectivity index (χ0n) is 8.22. The molecule has 74 valence electrons. The Morgan fingerprint density at radius 3 is 1.31 bits per heavy atom. The fourth-order valence-corrected chi connectivity index (χ4v) is 2.86. The Hall–Kier alpha value is -0.620. The van der Waals surface area contributed by atoms with E-state index in [1.165, 1.54) is 25.7 Å². The molecule has 0 unspecified atom stereocenters. The largest absolute Gasteiger partial charge is 0.231 e. The van der Waals surface area contributed by atoms with Crippen molar-refractivity contribution in [2.45, 2.75) is 51.4 Å². The highest BCUT2D eigenvalue weighted by atomic mass is 16.1. The molecule has 0 heterocycles. The van der Waals surface area contributed by atoms with Gasteiger partial charge in [0.05, 0.1) is 0 Å². The second kappa shape index (κ2) is 5.93. The third-order valence-electron chi connectivity index (χ3n) is 3.47. The van der Waals surface area contributed by atoms with Gasteiger partial charge in [-0.2, -0.15) is 0 Å². The molecule has 2 rings (SSSR count). The van der Waals surface area contributed by atoms with Crippen LogP contribution in [0.5, 0.6) is 0 Å². The van der Waals surface area contributed by atoms with Gasteiger partial charge >= 0.3 is 0 Å². The molecule has 0 spiro atoms. The van der Waals surface area contributed by atoms with Crippen molar-refractivity contribution in [3.63, 3.8) is 0 Å². The van der Waals surface area contributed by atoms with Crippen LogP contribution in [-0.4, -0.2) is 6.08 Å². The van der Waals surface area contributed by atoms with Crippen LogP contribution in [0.25, 0.3) is 0 Å². The van der Waals surface area contributed by atoms with E-state index in [9.17, 15) is 0 Å². The summed E-state index contributed by atoms with van der Waals surface area (Å²) < 4.78 is 0. The summed E-state index contributed by atoms with van der Waals surface area (Å²) >= 11 is 0. The average molecular weight is 181 g/mol. The first-order chi connectivity index (χ1) is 6.38.